The van der Waals surface area contributed by atoms with E-state index in [0.717, 1.165) is 5.56 Å². The molecule has 1 aliphatic rings. The third-order valence-corrected chi connectivity index (χ3v) is 5.68. The molecule has 2 nitrogen and oxygen atoms in total. The second-order valence-electron chi connectivity index (χ2n) is 4.51. The standard InChI is InChI=1S/C12H14Cl2O2S/c13-11-3-1-9(2-4-11)7-12(14)10-5-6-17(15,16)8-10/h1-4,10,12H,5-8H2. The number of rotatable bonds is 3. The Kier molecular flexibility index (Phi) is 4.01. The van der Waals surface area contributed by atoms with Crippen LogP contribution in [0.5, 0.6) is 0 Å². The van der Waals surface area contributed by atoms with E-state index in [1.807, 2.05) is 24.3 Å². The van der Waals surface area contributed by atoms with Crippen molar-refractivity contribution >= 4 is 33.0 Å². The Labute approximate surface area is 112 Å². The molecule has 1 heterocycles. The summed E-state index contributed by atoms with van der Waals surface area (Å²) in [4.78, 5) is 0. The average Bonchev–Trinajstić information content (AvgIpc) is 2.62. The second-order valence-corrected chi connectivity index (χ2v) is 7.74. The van der Waals surface area contributed by atoms with Crippen molar-refractivity contribution in [2.75, 3.05) is 11.5 Å². The van der Waals surface area contributed by atoms with Crippen LogP contribution in [0.4, 0.5) is 0 Å². The van der Waals surface area contributed by atoms with Gasteiger partial charge in [0.15, 0.2) is 9.84 Å². The fourth-order valence-corrected chi connectivity index (χ4v) is 4.63. The molecule has 2 unspecified atom stereocenters. The fourth-order valence-electron chi connectivity index (χ4n) is 2.12. The number of sulfone groups is 1. The molecule has 2 rings (SSSR count). The van der Waals surface area contributed by atoms with Crippen LogP contribution in [0.1, 0.15) is 12.0 Å². The molecule has 17 heavy (non-hydrogen) atoms. The molecule has 2 atom stereocenters. The largest absolute Gasteiger partial charge is 0.229 e. The Morgan fingerprint density at radius 1 is 1.29 bits per heavy atom. The molecule has 1 aromatic carbocycles. The van der Waals surface area contributed by atoms with Crippen molar-refractivity contribution in [1.29, 1.82) is 0 Å². The molecule has 0 aliphatic carbocycles. The van der Waals surface area contributed by atoms with Crippen LogP contribution >= 0.6 is 23.2 Å². The van der Waals surface area contributed by atoms with Crippen molar-refractivity contribution in [3.8, 4) is 0 Å². The third kappa shape index (κ3) is 3.60. The van der Waals surface area contributed by atoms with Crippen molar-refractivity contribution in [2.24, 2.45) is 5.92 Å². The molecule has 1 aromatic rings. The van der Waals surface area contributed by atoms with Crippen LogP contribution in [0.15, 0.2) is 24.3 Å². The predicted octanol–water partition coefficient (Wildman–Crippen LogP) is 2.92. The molecule has 0 N–H and O–H groups in total. The molecule has 0 bridgehead atoms. The van der Waals surface area contributed by atoms with Crippen LogP contribution in [-0.4, -0.2) is 25.3 Å². The molecule has 0 radical (unpaired) electrons. The Hall–Kier alpha value is -0.250. The highest BCUT2D eigenvalue weighted by molar-refractivity contribution is 7.91. The minimum atomic E-state index is -2.85. The monoisotopic (exact) mass is 292 g/mol. The Bertz CT molecular complexity index is 482. The number of hydrogen-bond donors (Lipinski definition) is 0. The van der Waals surface area contributed by atoms with Crippen LogP contribution in [0, 0.1) is 5.92 Å². The summed E-state index contributed by atoms with van der Waals surface area (Å²) < 4.78 is 22.7. The summed E-state index contributed by atoms with van der Waals surface area (Å²) in [5, 5.41) is 0.580. The van der Waals surface area contributed by atoms with E-state index in [9.17, 15) is 8.42 Å². The van der Waals surface area contributed by atoms with Gasteiger partial charge in [0.1, 0.15) is 0 Å². The zero-order chi connectivity index (χ0) is 12.5. The highest BCUT2D eigenvalue weighted by atomic mass is 35.5. The van der Waals surface area contributed by atoms with Gasteiger partial charge in [0.05, 0.1) is 11.5 Å². The minimum absolute atomic E-state index is 0.0809. The lowest BCUT2D eigenvalue weighted by Crippen LogP contribution is -2.18. The van der Waals surface area contributed by atoms with Gasteiger partial charge in [-0.15, -0.1) is 11.6 Å². The molecule has 0 spiro atoms. The summed E-state index contributed by atoms with van der Waals surface area (Å²) in [6.07, 6.45) is 1.38. The van der Waals surface area contributed by atoms with Crippen LogP contribution in [0.25, 0.3) is 0 Å². The third-order valence-electron chi connectivity index (χ3n) is 3.12. The van der Waals surface area contributed by atoms with E-state index in [1.165, 1.54) is 0 Å². The van der Waals surface area contributed by atoms with Crippen LogP contribution < -0.4 is 0 Å². The van der Waals surface area contributed by atoms with Crippen molar-refractivity contribution in [2.45, 2.75) is 18.2 Å². The zero-order valence-electron chi connectivity index (χ0n) is 9.27. The Balaban J connectivity index is 1.98. The van der Waals surface area contributed by atoms with E-state index in [4.69, 9.17) is 23.2 Å². The van der Waals surface area contributed by atoms with Gasteiger partial charge in [-0.05, 0) is 36.5 Å². The molecular formula is C12H14Cl2O2S. The summed E-state index contributed by atoms with van der Waals surface area (Å²) in [5.41, 5.74) is 1.10. The van der Waals surface area contributed by atoms with Gasteiger partial charge in [-0.3, -0.25) is 0 Å². The van der Waals surface area contributed by atoms with E-state index in [1.54, 1.807) is 0 Å². The van der Waals surface area contributed by atoms with Gasteiger partial charge >= 0.3 is 0 Å². The average molecular weight is 293 g/mol. The maximum atomic E-state index is 11.4. The first-order valence-electron chi connectivity index (χ1n) is 5.55. The van der Waals surface area contributed by atoms with Gasteiger partial charge < -0.3 is 0 Å². The molecule has 1 aliphatic heterocycles. The second kappa shape index (κ2) is 5.17. The van der Waals surface area contributed by atoms with E-state index in [0.29, 0.717) is 17.9 Å². The SMILES string of the molecule is O=S1(=O)CCC(C(Cl)Cc2ccc(Cl)cc2)C1. The highest BCUT2D eigenvalue weighted by Gasteiger charge is 2.32. The molecule has 0 amide bonds. The Morgan fingerprint density at radius 2 is 1.94 bits per heavy atom. The van der Waals surface area contributed by atoms with Crippen molar-refractivity contribution in [1.82, 2.24) is 0 Å². The first-order valence-corrected chi connectivity index (χ1v) is 8.19. The number of halogens is 2. The lowest BCUT2D eigenvalue weighted by atomic mass is 9.98. The van der Waals surface area contributed by atoms with Gasteiger partial charge in [-0.1, -0.05) is 23.7 Å². The topological polar surface area (TPSA) is 34.1 Å². The quantitative estimate of drug-likeness (QED) is 0.803. The first-order chi connectivity index (χ1) is 7.96. The molecule has 94 valence electrons. The van der Waals surface area contributed by atoms with Crippen molar-refractivity contribution in [3.63, 3.8) is 0 Å². The summed E-state index contributed by atoms with van der Waals surface area (Å²) in [7, 11) is -2.85. The molecule has 1 fully saturated rings. The van der Waals surface area contributed by atoms with Gasteiger partial charge in [0, 0.05) is 10.4 Å². The molecule has 5 heteroatoms. The number of benzene rings is 1. The lowest BCUT2D eigenvalue weighted by molar-refractivity contribution is 0.550. The molecular weight excluding hydrogens is 279 g/mol. The smallest absolute Gasteiger partial charge is 0.150 e. The maximum absolute atomic E-state index is 11.4. The van der Waals surface area contributed by atoms with E-state index in [2.05, 4.69) is 0 Å². The normalized spacial score (nSPS) is 24.7. The summed E-state index contributed by atoms with van der Waals surface area (Å²) in [6.45, 7) is 0. The van der Waals surface area contributed by atoms with E-state index >= 15 is 0 Å². The first kappa shape index (κ1) is 13.2. The predicted molar refractivity (Wildman–Crippen MR) is 71.6 cm³/mol. The van der Waals surface area contributed by atoms with E-state index < -0.39 is 9.84 Å². The molecule has 0 aromatic heterocycles. The van der Waals surface area contributed by atoms with Gasteiger partial charge in [-0.25, -0.2) is 8.42 Å². The fraction of sp³-hybridized carbons (Fsp3) is 0.500. The minimum Gasteiger partial charge on any atom is -0.229 e. The molecule has 1 saturated heterocycles. The number of alkyl halides is 1. The Morgan fingerprint density at radius 3 is 2.47 bits per heavy atom. The van der Waals surface area contributed by atoms with Gasteiger partial charge in [0.25, 0.3) is 0 Å². The highest BCUT2D eigenvalue weighted by Crippen LogP contribution is 2.27. The summed E-state index contributed by atoms with van der Waals surface area (Å²) in [6, 6.07) is 7.51. The van der Waals surface area contributed by atoms with Crippen LogP contribution in [0.2, 0.25) is 5.02 Å². The maximum Gasteiger partial charge on any atom is 0.150 e. The molecule has 0 saturated carbocycles. The van der Waals surface area contributed by atoms with Gasteiger partial charge in [-0.2, -0.15) is 0 Å². The zero-order valence-corrected chi connectivity index (χ0v) is 11.6. The van der Waals surface area contributed by atoms with Crippen LogP contribution in [-0.2, 0) is 16.3 Å². The van der Waals surface area contributed by atoms with Crippen molar-refractivity contribution < 1.29 is 8.42 Å². The van der Waals surface area contributed by atoms with Crippen molar-refractivity contribution in [3.05, 3.63) is 34.9 Å². The van der Waals surface area contributed by atoms with Gasteiger partial charge in [0.2, 0.25) is 0 Å². The summed E-state index contributed by atoms with van der Waals surface area (Å²) in [5.74, 6) is 0.591. The van der Waals surface area contributed by atoms with Crippen LogP contribution in [0.3, 0.4) is 0 Å². The van der Waals surface area contributed by atoms with E-state index in [-0.39, 0.29) is 22.8 Å². The lowest BCUT2D eigenvalue weighted by Gasteiger charge is -2.15. The summed E-state index contributed by atoms with van der Waals surface area (Å²) >= 11 is 12.1. The number of hydrogen-bond acceptors (Lipinski definition) is 2.